The van der Waals surface area contributed by atoms with Crippen LogP contribution in [0.3, 0.4) is 0 Å². The van der Waals surface area contributed by atoms with Crippen LogP contribution in [-0.2, 0) is 0 Å². The van der Waals surface area contributed by atoms with Gasteiger partial charge in [0.2, 0.25) is 0 Å². The molecule has 31 heavy (non-hydrogen) atoms. The van der Waals surface area contributed by atoms with E-state index in [0.717, 1.165) is 46.7 Å². The molecule has 3 aromatic carbocycles. The van der Waals surface area contributed by atoms with Crippen molar-refractivity contribution in [2.45, 2.75) is 33.1 Å². The average molecular weight is 414 g/mol. The zero-order valence-corrected chi connectivity index (χ0v) is 18.6. The molecule has 0 saturated carbocycles. The van der Waals surface area contributed by atoms with Crippen LogP contribution < -0.4 is 10.1 Å². The zero-order chi connectivity index (χ0) is 22.1. The summed E-state index contributed by atoms with van der Waals surface area (Å²) in [6.45, 7) is 4.38. The molecule has 0 aliphatic carbocycles. The fourth-order valence-corrected chi connectivity index (χ4v) is 3.38. The number of methoxy groups -OCH3 is 1. The van der Waals surface area contributed by atoms with E-state index in [-0.39, 0.29) is 5.78 Å². The molecule has 1 N–H and O–H groups in total. The van der Waals surface area contributed by atoms with E-state index in [1.54, 1.807) is 7.11 Å². The number of ether oxygens (including phenoxy) is 1. The third-order valence-corrected chi connectivity index (χ3v) is 5.13. The van der Waals surface area contributed by atoms with E-state index < -0.39 is 0 Å². The predicted octanol–water partition coefficient (Wildman–Crippen LogP) is 7.62. The lowest BCUT2D eigenvalue weighted by Crippen LogP contribution is -2.01. The summed E-state index contributed by atoms with van der Waals surface area (Å²) in [5.74, 6) is 1.69. The van der Waals surface area contributed by atoms with Crippen LogP contribution in [0.4, 0.5) is 11.4 Å². The van der Waals surface area contributed by atoms with Gasteiger partial charge in [0.05, 0.1) is 7.11 Å². The van der Waals surface area contributed by atoms with Crippen LogP contribution in [0, 0.1) is 5.92 Å². The lowest BCUT2D eigenvalue weighted by atomic mass is 10.0. The Morgan fingerprint density at radius 1 is 0.903 bits per heavy atom. The molecule has 0 saturated heterocycles. The van der Waals surface area contributed by atoms with Crippen molar-refractivity contribution in [3.05, 3.63) is 89.5 Å². The van der Waals surface area contributed by atoms with Crippen molar-refractivity contribution in [3.63, 3.8) is 0 Å². The Hall–Kier alpha value is -3.33. The van der Waals surface area contributed by atoms with Crippen LogP contribution >= 0.6 is 0 Å². The molecule has 0 fully saturated rings. The van der Waals surface area contributed by atoms with E-state index >= 15 is 0 Å². The summed E-state index contributed by atoms with van der Waals surface area (Å²) in [7, 11) is 1.67. The Labute approximate surface area is 185 Å². The number of Topliss-reactive ketones (excluding diaryl/α,β-unsaturated/α-hetero) is 1. The molecule has 0 radical (unpaired) electrons. The highest BCUT2D eigenvalue weighted by Crippen LogP contribution is 2.21. The molecule has 0 aromatic heterocycles. The van der Waals surface area contributed by atoms with Crippen LogP contribution in [0.5, 0.6) is 5.75 Å². The minimum absolute atomic E-state index is 0.209. The fourth-order valence-electron chi connectivity index (χ4n) is 3.38. The first kappa shape index (κ1) is 22.4. The molecule has 0 amide bonds. The number of hydrogen-bond acceptors (Lipinski definition) is 3. The minimum Gasteiger partial charge on any atom is -0.497 e. The van der Waals surface area contributed by atoms with E-state index in [4.69, 9.17) is 4.74 Å². The largest absolute Gasteiger partial charge is 0.497 e. The summed E-state index contributed by atoms with van der Waals surface area (Å²) in [5, 5.41) is 3.42. The topological polar surface area (TPSA) is 38.3 Å². The molecule has 0 atom stereocenters. The maximum atomic E-state index is 12.5. The second-order valence-electron chi connectivity index (χ2n) is 8.15. The third-order valence-electron chi connectivity index (χ3n) is 5.13. The number of ketones is 1. The lowest BCUT2D eigenvalue weighted by molar-refractivity contribution is 0.0978. The molecule has 0 heterocycles. The smallest absolute Gasteiger partial charge is 0.162 e. The zero-order valence-electron chi connectivity index (χ0n) is 18.6. The monoisotopic (exact) mass is 413 g/mol. The molecule has 0 unspecified atom stereocenters. The lowest BCUT2D eigenvalue weighted by Gasteiger charge is -2.09. The first-order valence-corrected chi connectivity index (χ1v) is 10.9. The van der Waals surface area contributed by atoms with Crippen molar-refractivity contribution in [2.75, 3.05) is 12.4 Å². The number of hydrogen-bond donors (Lipinski definition) is 1. The van der Waals surface area contributed by atoms with Gasteiger partial charge in [0.25, 0.3) is 0 Å². The van der Waals surface area contributed by atoms with Gasteiger partial charge in [0, 0.05) is 23.4 Å². The van der Waals surface area contributed by atoms with Gasteiger partial charge in [-0.25, -0.2) is 0 Å². The quantitative estimate of drug-likeness (QED) is 0.274. The maximum absolute atomic E-state index is 12.5. The van der Waals surface area contributed by atoms with Crippen molar-refractivity contribution in [1.82, 2.24) is 0 Å². The standard InChI is InChI=1S/C28H31NO2/c1-21(2)7-4-12-28(30)24-9-6-11-26(20-24)29-25-10-5-8-23(19-25)14-13-22-15-17-27(31-3)18-16-22/h5-6,8-11,13-21,29H,4,7,12H2,1-3H3/b14-13+. The van der Waals surface area contributed by atoms with Gasteiger partial charge in [-0.1, -0.05) is 68.8 Å². The molecule has 0 bridgehead atoms. The van der Waals surface area contributed by atoms with Crippen LogP contribution in [0.2, 0.25) is 0 Å². The summed E-state index contributed by atoms with van der Waals surface area (Å²) < 4.78 is 5.20. The highest BCUT2D eigenvalue weighted by atomic mass is 16.5. The number of rotatable bonds is 10. The molecular weight excluding hydrogens is 382 g/mol. The van der Waals surface area contributed by atoms with Crippen LogP contribution in [0.25, 0.3) is 12.2 Å². The molecule has 3 rings (SSSR count). The second kappa shape index (κ2) is 11.2. The molecule has 3 heteroatoms. The normalized spacial score (nSPS) is 11.1. The van der Waals surface area contributed by atoms with Gasteiger partial charge in [0.15, 0.2) is 5.78 Å². The average Bonchev–Trinajstić information content (AvgIpc) is 2.78. The van der Waals surface area contributed by atoms with Crippen molar-refractivity contribution >= 4 is 29.3 Å². The summed E-state index contributed by atoms with van der Waals surface area (Å²) in [4.78, 5) is 12.5. The fraction of sp³-hybridized carbons (Fsp3) is 0.250. The molecule has 3 nitrogen and oxygen atoms in total. The van der Waals surface area contributed by atoms with Crippen LogP contribution in [0.15, 0.2) is 72.8 Å². The first-order chi connectivity index (χ1) is 15.0. The molecular formula is C28H31NO2. The third kappa shape index (κ3) is 7.14. The molecule has 160 valence electrons. The Balaban J connectivity index is 1.65. The van der Waals surface area contributed by atoms with Crippen molar-refractivity contribution < 1.29 is 9.53 Å². The van der Waals surface area contributed by atoms with Gasteiger partial charge in [-0.05, 0) is 59.9 Å². The van der Waals surface area contributed by atoms with E-state index in [0.29, 0.717) is 12.3 Å². The SMILES string of the molecule is COc1ccc(/C=C/c2cccc(Nc3cccc(C(=O)CCCC(C)C)c3)c2)cc1. The van der Waals surface area contributed by atoms with Gasteiger partial charge >= 0.3 is 0 Å². The Morgan fingerprint density at radius 3 is 2.29 bits per heavy atom. The Bertz CT molecular complexity index is 1020. The van der Waals surface area contributed by atoms with Crippen molar-refractivity contribution in [3.8, 4) is 5.75 Å². The van der Waals surface area contributed by atoms with Gasteiger partial charge in [-0.3, -0.25) is 4.79 Å². The van der Waals surface area contributed by atoms with Gasteiger partial charge in [0.1, 0.15) is 5.75 Å². The highest BCUT2D eigenvalue weighted by Gasteiger charge is 2.07. The number of carbonyl (C=O) groups excluding carboxylic acids is 1. The molecule has 3 aromatic rings. The number of nitrogens with one attached hydrogen (secondary N) is 1. The Morgan fingerprint density at radius 2 is 1.58 bits per heavy atom. The van der Waals surface area contributed by atoms with E-state index in [1.807, 2.05) is 60.7 Å². The van der Waals surface area contributed by atoms with Crippen LogP contribution in [-0.4, -0.2) is 12.9 Å². The molecule has 0 aliphatic heterocycles. The van der Waals surface area contributed by atoms with Gasteiger partial charge < -0.3 is 10.1 Å². The number of anilines is 2. The second-order valence-corrected chi connectivity index (χ2v) is 8.15. The molecule has 0 aliphatic rings. The highest BCUT2D eigenvalue weighted by molar-refractivity contribution is 5.97. The first-order valence-electron chi connectivity index (χ1n) is 10.9. The maximum Gasteiger partial charge on any atom is 0.162 e. The van der Waals surface area contributed by atoms with E-state index in [2.05, 4.69) is 43.4 Å². The summed E-state index contributed by atoms with van der Waals surface area (Å²) in [5.41, 5.74) is 4.89. The number of benzene rings is 3. The minimum atomic E-state index is 0.209. The van der Waals surface area contributed by atoms with E-state index in [9.17, 15) is 4.79 Å². The van der Waals surface area contributed by atoms with Crippen molar-refractivity contribution in [1.29, 1.82) is 0 Å². The van der Waals surface area contributed by atoms with E-state index in [1.165, 1.54) is 0 Å². The molecule has 0 spiro atoms. The Kier molecular flexibility index (Phi) is 8.05. The number of carbonyl (C=O) groups is 1. The van der Waals surface area contributed by atoms with Gasteiger partial charge in [-0.2, -0.15) is 0 Å². The predicted molar refractivity (Wildman–Crippen MR) is 131 cm³/mol. The van der Waals surface area contributed by atoms with Crippen molar-refractivity contribution in [2.24, 2.45) is 5.92 Å². The summed E-state index contributed by atoms with van der Waals surface area (Å²) >= 11 is 0. The summed E-state index contributed by atoms with van der Waals surface area (Å²) in [6.07, 6.45) is 6.79. The van der Waals surface area contributed by atoms with Gasteiger partial charge in [-0.15, -0.1) is 0 Å². The van der Waals surface area contributed by atoms with Crippen LogP contribution in [0.1, 0.15) is 54.6 Å². The summed E-state index contributed by atoms with van der Waals surface area (Å²) in [6, 6.07) is 24.0.